The molecule has 4 rings (SSSR count). The zero-order valence-electron chi connectivity index (χ0n) is 21.7. The standard InChI is InChI=1S/C26H30N6O7/c1-37-20-11-15(12-21(38-2)24(20)39-14-23(34)28-10-4-9-27)30-31-18-6-3-5-16-17(18)13-32(26(16)36)19-7-8-22(33)29-25(19)35/h3,5-6,11-12,19H,4,7-10,13-14,27H2,1-2H3,(H,28,34)(H,29,33,35)/b31-30+. The van der Waals surface area contributed by atoms with Gasteiger partial charge in [0.2, 0.25) is 17.6 Å². The quantitative estimate of drug-likeness (QED) is 0.220. The minimum Gasteiger partial charge on any atom is -0.493 e. The lowest BCUT2D eigenvalue weighted by atomic mass is 10.0. The summed E-state index contributed by atoms with van der Waals surface area (Å²) >= 11 is 0. The van der Waals surface area contributed by atoms with Gasteiger partial charge < -0.3 is 30.2 Å². The van der Waals surface area contributed by atoms with E-state index in [4.69, 9.17) is 19.9 Å². The molecule has 206 valence electrons. The summed E-state index contributed by atoms with van der Waals surface area (Å²) in [6, 6.07) is 7.52. The molecule has 1 atom stereocenters. The molecule has 0 spiro atoms. The van der Waals surface area contributed by atoms with Crippen LogP contribution < -0.4 is 30.6 Å². The van der Waals surface area contributed by atoms with Crippen molar-refractivity contribution in [2.24, 2.45) is 16.0 Å². The number of hydrogen-bond acceptors (Lipinski definition) is 10. The van der Waals surface area contributed by atoms with Gasteiger partial charge in [0.15, 0.2) is 18.1 Å². The number of nitrogens with one attached hydrogen (secondary N) is 2. The molecule has 0 saturated carbocycles. The van der Waals surface area contributed by atoms with E-state index in [1.165, 1.54) is 19.1 Å². The van der Waals surface area contributed by atoms with Crippen molar-refractivity contribution in [3.8, 4) is 17.2 Å². The number of nitrogens with two attached hydrogens (primary N) is 1. The maximum absolute atomic E-state index is 13.0. The van der Waals surface area contributed by atoms with Crippen LogP contribution in [0.5, 0.6) is 17.2 Å². The van der Waals surface area contributed by atoms with E-state index in [1.54, 1.807) is 30.3 Å². The molecule has 1 fully saturated rings. The van der Waals surface area contributed by atoms with E-state index in [0.717, 1.165) is 0 Å². The van der Waals surface area contributed by atoms with Crippen LogP contribution in [-0.4, -0.2) is 68.5 Å². The number of benzene rings is 2. The molecule has 0 aliphatic carbocycles. The first-order valence-electron chi connectivity index (χ1n) is 12.4. The van der Waals surface area contributed by atoms with Gasteiger partial charge in [-0.3, -0.25) is 24.5 Å². The first-order valence-corrected chi connectivity index (χ1v) is 12.4. The first-order chi connectivity index (χ1) is 18.9. The van der Waals surface area contributed by atoms with Crippen LogP contribution in [0.2, 0.25) is 0 Å². The second kappa shape index (κ2) is 12.3. The third-order valence-corrected chi connectivity index (χ3v) is 6.33. The molecular formula is C26H30N6O7. The molecule has 1 unspecified atom stereocenters. The Morgan fingerprint density at radius 2 is 1.90 bits per heavy atom. The van der Waals surface area contributed by atoms with Gasteiger partial charge in [0.05, 0.1) is 25.6 Å². The van der Waals surface area contributed by atoms with E-state index in [1.807, 2.05) is 0 Å². The van der Waals surface area contributed by atoms with Gasteiger partial charge in [0, 0.05) is 42.8 Å². The lowest BCUT2D eigenvalue weighted by Crippen LogP contribution is -2.52. The number of amides is 4. The number of methoxy groups -OCH3 is 2. The molecular weight excluding hydrogens is 508 g/mol. The Bertz CT molecular complexity index is 1290. The Hall–Kier alpha value is -4.52. The minimum absolute atomic E-state index is 0.169. The molecule has 4 amide bonds. The summed E-state index contributed by atoms with van der Waals surface area (Å²) in [6.45, 7) is 0.847. The number of piperidine rings is 1. The van der Waals surface area contributed by atoms with Crippen LogP contribution in [-0.2, 0) is 20.9 Å². The monoisotopic (exact) mass is 538 g/mol. The topological polar surface area (TPSA) is 174 Å². The van der Waals surface area contributed by atoms with Crippen LogP contribution in [0.25, 0.3) is 0 Å². The molecule has 0 bridgehead atoms. The van der Waals surface area contributed by atoms with Gasteiger partial charge in [0.25, 0.3) is 11.8 Å². The number of azo groups is 1. The third kappa shape index (κ3) is 6.14. The SMILES string of the molecule is COc1cc(/N=N/c2cccc3c2CN(C2CCC(=O)NC2=O)C3=O)cc(OC)c1OCC(=O)NCCCN. The van der Waals surface area contributed by atoms with E-state index in [0.29, 0.717) is 42.0 Å². The largest absolute Gasteiger partial charge is 0.493 e. The van der Waals surface area contributed by atoms with Crippen LogP contribution in [0.1, 0.15) is 35.2 Å². The number of fused-ring (bicyclic) bond motifs is 1. The van der Waals surface area contributed by atoms with Gasteiger partial charge >= 0.3 is 0 Å². The fraction of sp³-hybridized carbons (Fsp3) is 0.385. The summed E-state index contributed by atoms with van der Waals surface area (Å²) in [5, 5.41) is 13.7. The smallest absolute Gasteiger partial charge is 0.257 e. The zero-order chi connectivity index (χ0) is 27.9. The van der Waals surface area contributed by atoms with Gasteiger partial charge in [-0.2, -0.15) is 10.2 Å². The first kappa shape index (κ1) is 27.5. The average molecular weight is 539 g/mol. The Labute approximate surface area is 224 Å². The van der Waals surface area contributed by atoms with Crippen LogP contribution in [0.4, 0.5) is 11.4 Å². The average Bonchev–Trinajstić information content (AvgIpc) is 3.27. The van der Waals surface area contributed by atoms with Crippen molar-refractivity contribution < 1.29 is 33.4 Å². The number of nitrogens with zero attached hydrogens (tertiary/aromatic N) is 3. The van der Waals surface area contributed by atoms with E-state index in [-0.39, 0.29) is 61.0 Å². The maximum Gasteiger partial charge on any atom is 0.257 e. The second-order valence-corrected chi connectivity index (χ2v) is 8.86. The number of ether oxygens (including phenoxy) is 3. The molecule has 2 heterocycles. The highest BCUT2D eigenvalue weighted by atomic mass is 16.5. The minimum atomic E-state index is -0.726. The molecule has 4 N–H and O–H groups in total. The summed E-state index contributed by atoms with van der Waals surface area (Å²) in [7, 11) is 2.90. The Morgan fingerprint density at radius 3 is 2.56 bits per heavy atom. The lowest BCUT2D eigenvalue weighted by Gasteiger charge is -2.29. The number of rotatable bonds is 11. The fourth-order valence-electron chi connectivity index (χ4n) is 4.36. The highest BCUT2D eigenvalue weighted by molar-refractivity contribution is 6.06. The summed E-state index contributed by atoms with van der Waals surface area (Å²) in [5.41, 5.74) is 7.34. The van der Waals surface area contributed by atoms with Gasteiger partial charge in [-0.1, -0.05) is 6.07 Å². The van der Waals surface area contributed by atoms with E-state index >= 15 is 0 Å². The predicted molar refractivity (Wildman–Crippen MR) is 138 cm³/mol. The third-order valence-electron chi connectivity index (χ3n) is 6.33. The molecule has 0 radical (unpaired) electrons. The van der Waals surface area contributed by atoms with Gasteiger partial charge in [-0.25, -0.2) is 0 Å². The van der Waals surface area contributed by atoms with Crippen molar-refractivity contribution in [2.45, 2.75) is 31.8 Å². The van der Waals surface area contributed by atoms with Gasteiger partial charge in [-0.05, 0) is 31.5 Å². The van der Waals surface area contributed by atoms with Crippen molar-refractivity contribution in [1.29, 1.82) is 0 Å². The van der Waals surface area contributed by atoms with Crippen LogP contribution >= 0.6 is 0 Å². The Kier molecular flexibility index (Phi) is 8.71. The highest BCUT2D eigenvalue weighted by Gasteiger charge is 2.39. The number of carbonyl (C=O) groups excluding carboxylic acids is 4. The number of imide groups is 1. The lowest BCUT2D eigenvalue weighted by molar-refractivity contribution is -0.137. The summed E-state index contributed by atoms with van der Waals surface area (Å²) in [5.74, 6) is -0.623. The zero-order valence-corrected chi connectivity index (χ0v) is 21.7. The van der Waals surface area contributed by atoms with Crippen molar-refractivity contribution in [2.75, 3.05) is 33.9 Å². The summed E-state index contributed by atoms with van der Waals surface area (Å²) < 4.78 is 16.5. The van der Waals surface area contributed by atoms with Crippen molar-refractivity contribution in [3.63, 3.8) is 0 Å². The Morgan fingerprint density at radius 1 is 1.15 bits per heavy atom. The van der Waals surface area contributed by atoms with E-state index in [9.17, 15) is 19.2 Å². The van der Waals surface area contributed by atoms with Crippen LogP contribution in [0.15, 0.2) is 40.6 Å². The maximum atomic E-state index is 13.0. The second-order valence-electron chi connectivity index (χ2n) is 8.86. The number of carbonyl (C=O) groups is 4. The van der Waals surface area contributed by atoms with E-state index < -0.39 is 11.9 Å². The van der Waals surface area contributed by atoms with Crippen molar-refractivity contribution in [1.82, 2.24) is 15.5 Å². The van der Waals surface area contributed by atoms with Crippen molar-refractivity contribution >= 4 is 35.0 Å². The molecule has 0 aromatic heterocycles. The molecule has 1 saturated heterocycles. The van der Waals surface area contributed by atoms with Crippen molar-refractivity contribution in [3.05, 3.63) is 41.5 Å². The van der Waals surface area contributed by atoms with Gasteiger partial charge in [0.1, 0.15) is 6.04 Å². The fourth-order valence-corrected chi connectivity index (χ4v) is 4.36. The normalized spacial score (nSPS) is 16.7. The molecule has 2 aromatic carbocycles. The summed E-state index contributed by atoms with van der Waals surface area (Å²) in [4.78, 5) is 50.4. The highest BCUT2D eigenvalue weighted by Crippen LogP contribution is 2.42. The Balaban J connectivity index is 1.52. The summed E-state index contributed by atoms with van der Waals surface area (Å²) in [6.07, 6.45) is 1.10. The van der Waals surface area contributed by atoms with Crippen LogP contribution in [0, 0.1) is 0 Å². The molecule has 13 heteroatoms. The molecule has 2 aromatic rings. The van der Waals surface area contributed by atoms with Crippen LogP contribution in [0.3, 0.4) is 0 Å². The molecule has 2 aliphatic rings. The predicted octanol–water partition coefficient (Wildman–Crippen LogP) is 1.72. The molecule has 39 heavy (non-hydrogen) atoms. The number of hydrogen-bond donors (Lipinski definition) is 3. The van der Waals surface area contributed by atoms with E-state index in [2.05, 4.69) is 20.9 Å². The molecule has 13 nitrogen and oxygen atoms in total. The molecule has 2 aliphatic heterocycles. The van der Waals surface area contributed by atoms with Gasteiger partial charge in [-0.15, -0.1) is 0 Å².